The largest absolute Gasteiger partial charge is 0.391 e. The molecule has 1 aromatic rings. The summed E-state index contributed by atoms with van der Waals surface area (Å²) in [4.78, 5) is 0. The molecule has 1 aliphatic rings. The summed E-state index contributed by atoms with van der Waals surface area (Å²) < 4.78 is 5.11. The molecule has 0 spiro atoms. The van der Waals surface area contributed by atoms with Crippen LogP contribution in [-0.2, 0) is 17.6 Å². The maximum Gasteiger partial charge on any atom is 0.0879 e. The normalized spacial score (nSPS) is 25.2. The van der Waals surface area contributed by atoms with Crippen molar-refractivity contribution in [2.45, 2.75) is 32.3 Å². The van der Waals surface area contributed by atoms with Crippen LogP contribution in [0.3, 0.4) is 0 Å². The van der Waals surface area contributed by atoms with Gasteiger partial charge in [-0.05, 0) is 30.4 Å². The molecular formula is C16H21NO2. The van der Waals surface area contributed by atoms with E-state index in [-0.39, 0.29) is 5.92 Å². The van der Waals surface area contributed by atoms with Crippen LogP contribution in [0.25, 0.3) is 0 Å². The molecule has 1 aromatic carbocycles. The first kappa shape index (κ1) is 14.0. The van der Waals surface area contributed by atoms with Crippen LogP contribution in [0.2, 0.25) is 0 Å². The number of methoxy groups -OCH3 is 1. The maximum absolute atomic E-state index is 10.5. The number of rotatable bonds is 4. The first-order valence-electron chi connectivity index (χ1n) is 6.78. The quantitative estimate of drug-likeness (QED) is 0.903. The fourth-order valence-electron chi connectivity index (χ4n) is 3.07. The van der Waals surface area contributed by atoms with Crippen LogP contribution in [0.15, 0.2) is 24.3 Å². The molecule has 3 unspecified atom stereocenters. The summed E-state index contributed by atoms with van der Waals surface area (Å²) in [6.45, 7) is 2.42. The van der Waals surface area contributed by atoms with Crippen molar-refractivity contribution in [1.29, 1.82) is 5.26 Å². The Kier molecular flexibility index (Phi) is 4.24. The molecule has 3 heteroatoms. The van der Waals surface area contributed by atoms with E-state index in [0.29, 0.717) is 13.0 Å². The Balaban J connectivity index is 2.24. The Morgan fingerprint density at radius 1 is 1.42 bits per heavy atom. The zero-order valence-corrected chi connectivity index (χ0v) is 11.6. The summed E-state index contributed by atoms with van der Waals surface area (Å²) in [6.07, 6.45) is 1.57. The Labute approximate surface area is 114 Å². The number of nitrogens with zero attached hydrogens (tertiary/aromatic N) is 1. The van der Waals surface area contributed by atoms with Crippen LogP contribution in [-0.4, -0.2) is 24.9 Å². The Morgan fingerprint density at radius 3 is 2.74 bits per heavy atom. The van der Waals surface area contributed by atoms with Crippen LogP contribution in [0.4, 0.5) is 0 Å². The van der Waals surface area contributed by atoms with Gasteiger partial charge < -0.3 is 9.84 Å². The maximum atomic E-state index is 10.5. The van der Waals surface area contributed by atoms with E-state index in [9.17, 15) is 10.4 Å². The second kappa shape index (κ2) is 5.73. The van der Waals surface area contributed by atoms with Crippen molar-refractivity contribution in [1.82, 2.24) is 0 Å². The second-order valence-electron chi connectivity index (χ2n) is 5.59. The molecule has 0 amide bonds. The molecule has 0 heterocycles. The van der Waals surface area contributed by atoms with Gasteiger partial charge in [0.15, 0.2) is 0 Å². The minimum Gasteiger partial charge on any atom is -0.391 e. The highest BCUT2D eigenvalue weighted by Gasteiger charge is 2.43. The number of ether oxygens (including phenoxy) is 1. The van der Waals surface area contributed by atoms with Crippen LogP contribution in [0.1, 0.15) is 24.5 Å². The van der Waals surface area contributed by atoms with Gasteiger partial charge in [-0.2, -0.15) is 5.26 Å². The van der Waals surface area contributed by atoms with Gasteiger partial charge in [-0.3, -0.25) is 0 Å². The van der Waals surface area contributed by atoms with Gasteiger partial charge in [0.05, 0.1) is 24.2 Å². The molecule has 1 N–H and O–H groups in total. The number of aliphatic hydroxyl groups is 1. The molecule has 0 saturated carbocycles. The number of nitriles is 1. The Bertz CT molecular complexity index is 480. The molecule has 3 nitrogen and oxygen atoms in total. The molecule has 0 aliphatic heterocycles. The minimum absolute atomic E-state index is 0.0325. The molecule has 0 radical (unpaired) electrons. The molecule has 0 fully saturated rings. The lowest BCUT2D eigenvalue weighted by molar-refractivity contribution is -0.0163. The van der Waals surface area contributed by atoms with Gasteiger partial charge in [-0.1, -0.05) is 31.2 Å². The molecule has 2 rings (SSSR count). The number of hydrogen-bond acceptors (Lipinski definition) is 3. The molecule has 0 bridgehead atoms. The summed E-state index contributed by atoms with van der Waals surface area (Å²) in [6, 6.07) is 10.6. The molecule has 1 aliphatic carbocycles. The smallest absolute Gasteiger partial charge is 0.0879 e. The van der Waals surface area contributed by atoms with Gasteiger partial charge in [0.25, 0.3) is 0 Å². The lowest BCUT2D eigenvalue weighted by Crippen LogP contribution is -2.43. The summed E-state index contributed by atoms with van der Waals surface area (Å²) >= 11 is 0. The Hall–Kier alpha value is -1.37. The summed E-state index contributed by atoms with van der Waals surface area (Å²) in [5, 5.41) is 20.2. The van der Waals surface area contributed by atoms with Crippen molar-refractivity contribution in [2.75, 3.05) is 13.7 Å². The number of hydrogen-bond donors (Lipinski definition) is 1. The topological polar surface area (TPSA) is 53.2 Å². The number of fused-ring (bicyclic) bond motifs is 1. The molecule has 19 heavy (non-hydrogen) atoms. The van der Waals surface area contributed by atoms with Gasteiger partial charge in [-0.25, -0.2) is 0 Å². The van der Waals surface area contributed by atoms with Crippen molar-refractivity contribution in [3.05, 3.63) is 35.4 Å². The van der Waals surface area contributed by atoms with Crippen LogP contribution >= 0.6 is 0 Å². The van der Waals surface area contributed by atoms with Crippen LogP contribution in [0, 0.1) is 22.7 Å². The van der Waals surface area contributed by atoms with Crippen LogP contribution in [0.5, 0.6) is 0 Å². The van der Waals surface area contributed by atoms with E-state index in [1.54, 1.807) is 7.11 Å². The van der Waals surface area contributed by atoms with Gasteiger partial charge in [0, 0.05) is 13.0 Å². The molecule has 0 aromatic heterocycles. The summed E-state index contributed by atoms with van der Waals surface area (Å²) in [5.74, 6) is -0.0325. The molecule has 0 saturated heterocycles. The zero-order chi connectivity index (χ0) is 13.9. The monoisotopic (exact) mass is 259 g/mol. The first-order valence-corrected chi connectivity index (χ1v) is 6.78. The van der Waals surface area contributed by atoms with E-state index < -0.39 is 11.5 Å². The number of aryl methyl sites for hydroxylation is 1. The van der Waals surface area contributed by atoms with Crippen molar-refractivity contribution in [3.63, 3.8) is 0 Å². The van der Waals surface area contributed by atoms with Gasteiger partial charge >= 0.3 is 0 Å². The van der Waals surface area contributed by atoms with E-state index >= 15 is 0 Å². The highest BCUT2D eigenvalue weighted by molar-refractivity contribution is 5.33. The SMILES string of the molecule is COCC(C)C(O)C1(C#N)CCc2ccccc2C1. The molecule has 102 valence electrons. The average Bonchev–Trinajstić information content (AvgIpc) is 2.46. The fourth-order valence-corrected chi connectivity index (χ4v) is 3.07. The van der Waals surface area contributed by atoms with E-state index in [1.807, 2.05) is 19.1 Å². The van der Waals surface area contributed by atoms with Crippen LogP contribution < -0.4 is 0 Å². The van der Waals surface area contributed by atoms with Crippen molar-refractivity contribution < 1.29 is 9.84 Å². The lowest BCUT2D eigenvalue weighted by atomic mass is 9.66. The van der Waals surface area contributed by atoms with E-state index in [2.05, 4.69) is 18.2 Å². The first-order chi connectivity index (χ1) is 9.13. The van der Waals surface area contributed by atoms with Gasteiger partial charge in [-0.15, -0.1) is 0 Å². The Morgan fingerprint density at radius 2 is 2.11 bits per heavy atom. The predicted molar refractivity (Wildman–Crippen MR) is 73.6 cm³/mol. The standard InChI is InChI=1S/C16H21NO2/c1-12(10-19-2)15(18)16(11-17)8-7-13-5-3-4-6-14(13)9-16/h3-6,12,15,18H,7-10H2,1-2H3. The highest BCUT2D eigenvalue weighted by atomic mass is 16.5. The summed E-state index contributed by atoms with van der Waals surface area (Å²) in [7, 11) is 1.62. The third-order valence-electron chi connectivity index (χ3n) is 4.22. The third kappa shape index (κ3) is 2.65. The molecular weight excluding hydrogens is 238 g/mol. The zero-order valence-electron chi connectivity index (χ0n) is 11.6. The van der Waals surface area contributed by atoms with Crippen molar-refractivity contribution in [2.24, 2.45) is 11.3 Å². The summed E-state index contributed by atoms with van der Waals surface area (Å²) in [5.41, 5.74) is 1.82. The third-order valence-corrected chi connectivity index (χ3v) is 4.22. The van der Waals surface area contributed by atoms with Crippen molar-refractivity contribution >= 4 is 0 Å². The van der Waals surface area contributed by atoms with E-state index in [1.165, 1.54) is 11.1 Å². The van der Waals surface area contributed by atoms with Crippen molar-refractivity contribution in [3.8, 4) is 6.07 Å². The van der Waals surface area contributed by atoms with E-state index in [0.717, 1.165) is 12.8 Å². The second-order valence-corrected chi connectivity index (χ2v) is 5.59. The highest BCUT2D eigenvalue weighted by Crippen LogP contribution is 2.40. The number of aliphatic hydroxyl groups excluding tert-OH is 1. The number of benzene rings is 1. The molecule has 3 atom stereocenters. The van der Waals surface area contributed by atoms with Gasteiger partial charge in [0.1, 0.15) is 0 Å². The minimum atomic E-state index is -0.674. The lowest BCUT2D eigenvalue weighted by Gasteiger charge is -2.38. The van der Waals surface area contributed by atoms with Gasteiger partial charge in [0.2, 0.25) is 0 Å². The van der Waals surface area contributed by atoms with E-state index in [4.69, 9.17) is 4.74 Å². The fraction of sp³-hybridized carbons (Fsp3) is 0.562. The predicted octanol–water partition coefficient (Wildman–Crippen LogP) is 2.33. The average molecular weight is 259 g/mol.